The van der Waals surface area contributed by atoms with Gasteiger partial charge in [0.25, 0.3) is 0 Å². The zero-order chi connectivity index (χ0) is 26.1. The van der Waals surface area contributed by atoms with Crippen LogP contribution < -0.4 is 0 Å². The molecule has 0 N–H and O–H groups in total. The number of methoxy groups -OCH3 is 1. The van der Waals surface area contributed by atoms with Crippen molar-refractivity contribution in [2.75, 3.05) is 7.11 Å². The molecule has 2 aliphatic carbocycles. The molecule has 2 saturated heterocycles. The van der Waals surface area contributed by atoms with E-state index in [1.165, 1.54) is 19.3 Å². The first-order valence-corrected chi connectivity index (χ1v) is 12.6. The van der Waals surface area contributed by atoms with Gasteiger partial charge in [-0.25, -0.2) is 14.4 Å². The van der Waals surface area contributed by atoms with Gasteiger partial charge in [-0.15, -0.1) is 0 Å². The molecule has 9 heteroatoms. The second-order valence-corrected chi connectivity index (χ2v) is 12.3. The van der Waals surface area contributed by atoms with E-state index in [0.29, 0.717) is 12.8 Å². The second kappa shape index (κ2) is 6.86. The van der Waals surface area contributed by atoms with Gasteiger partial charge < -0.3 is 23.7 Å². The number of esters is 3. The van der Waals surface area contributed by atoms with Gasteiger partial charge in [0.2, 0.25) is 6.29 Å². The third-order valence-corrected chi connectivity index (χ3v) is 10.5. The quantitative estimate of drug-likeness (QED) is 0.320. The van der Waals surface area contributed by atoms with Gasteiger partial charge in [0, 0.05) is 30.9 Å². The van der Waals surface area contributed by atoms with Gasteiger partial charge in [-0.1, -0.05) is 19.9 Å². The molecule has 194 valence electrons. The Morgan fingerprint density at radius 2 is 1.69 bits per heavy atom. The maximum Gasteiger partial charge on any atom is 0.340 e. The largest absolute Gasteiger partial charge is 0.456 e. The minimum atomic E-state index is -1.14. The van der Waals surface area contributed by atoms with Crippen molar-refractivity contribution in [3.05, 3.63) is 23.8 Å². The molecule has 4 heterocycles. The molecule has 2 saturated carbocycles. The highest BCUT2D eigenvalue weighted by atomic mass is 16.7. The van der Waals surface area contributed by atoms with Crippen LogP contribution in [0.5, 0.6) is 0 Å². The van der Waals surface area contributed by atoms with Crippen LogP contribution in [-0.2, 0) is 42.9 Å². The van der Waals surface area contributed by atoms with E-state index in [9.17, 15) is 19.2 Å². The van der Waals surface area contributed by atoms with Crippen LogP contribution in [0.3, 0.4) is 0 Å². The predicted molar refractivity (Wildman–Crippen MR) is 122 cm³/mol. The van der Waals surface area contributed by atoms with Crippen LogP contribution in [0.2, 0.25) is 0 Å². The summed E-state index contributed by atoms with van der Waals surface area (Å²) in [6.07, 6.45) is 3.56. The maximum atomic E-state index is 14.2. The Morgan fingerprint density at radius 1 is 0.972 bits per heavy atom. The van der Waals surface area contributed by atoms with Crippen molar-refractivity contribution < 1.29 is 42.9 Å². The number of ketones is 1. The monoisotopic (exact) mass is 500 g/mol. The molecular formula is C27H32O9. The third kappa shape index (κ3) is 2.53. The molecule has 0 bridgehead atoms. The molecule has 4 fully saturated rings. The standard InChI is InChI=1S/C27H32O9/c1-23(2)15-12-16(28)26(5)14(24(15,3)9-8-17(29)35-23)7-10-25(4)19(13-11-18(32-6)33-21(13)30)34-22(31)20-27(25,26)36-20/h8-9,11,14-15,18-20H,7,10,12H2,1-6H3. The summed E-state index contributed by atoms with van der Waals surface area (Å²) in [6.45, 7) is 9.65. The number of cyclic esters (lactones) is 3. The number of epoxide rings is 1. The van der Waals surface area contributed by atoms with Crippen LogP contribution in [0.4, 0.5) is 0 Å². The van der Waals surface area contributed by atoms with Gasteiger partial charge in [-0.05, 0) is 51.0 Å². The molecule has 36 heavy (non-hydrogen) atoms. The molecule has 0 amide bonds. The lowest BCUT2D eigenvalue weighted by Crippen LogP contribution is -2.72. The van der Waals surface area contributed by atoms with Gasteiger partial charge in [-0.2, -0.15) is 0 Å². The molecule has 0 aromatic heterocycles. The van der Waals surface area contributed by atoms with E-state index in [2.05, 4.69) is 6.92 Å². The summed E-state index contributed by atoms with van der Waals surface area (Å²) < 4.78 is 28.3. The minimum Gasteiger partial charge on any atom is -0.456 e. The zero-order valence-electron chi connectivity index (χ0n) is 21.4. The van der Waals surface area contributed by atoms with E-state index in [0.717, 1.165) is 0 Å². The fraction of sp³-hybridized carbons (Fsp3) is 0.704. The Labute approximate surface area is 209 Å². The van der Waals surface area contributed by atoms with Gasteiger partial charge >= 0.3 is 17.9 Å². The van der Waals surface area contributed by atoms with Crippen LogP contribution in [0.25, 0.3) is 0 Å². The van der Waals surface area contributed by atoms with Crippen LogP contribution in [0.1, 0.15) is 53.9 Å². The van der Waals surface area contributed by atoms with E-state index in [1.807, 2.05) is 33.8 Å². The number of carbonyl (C=O) groups excluding carboxylic acids is 4. The molecule has 1 spiro atoms. The highest BCUT2D eigenvalue weighted by Gasteiger charge is 2.88. The lowest BCUT2D eigenvalue weighted by Gasteiger charge is -2.64. The molecule has 6 aliphatic rings. The number of allylic oxidation sites excluding steroid dienone is 1. The summed E-state index contributed by atoms with van der Waals surface area (Å²) >= 11 is 0. The third-order valence-electron chi connectivity index (χ3n) is 10.5. The number of ether oxygens (including phenoxy) is 5. The van der Waals surface area contributed by atoms with E-state index in [1.54, 1.807) is 0 Å². The molecule has 4 aliphatic heterocycles. The molecule has 0 aromatic carbocycles. The Hall–Kier alpha value is -2.52. The predicted octanol–water partition coefficient (Wildman–Crippen LogP) is 2.41. The molecule has 9 nitrogen and oxygen atoms in total. The zero-order valence-corrected chi connectivity index (χ0v) is 21.4. The number of carbonyl (C=O) groups is 4. The molecule has 0 radical (unpaired) electrons. The Balaban J connectivity index is 1.50. The van der Waals surface area contributed by atoms with Gasteiger partial charge in [-0.3, -0.25) is 4.79 Å². The average molecular weight is 501 g/mol. The Kier molecular flexibility index (Phi) is 4.55. The normalized spacial score (nSPS) is 50.4. The number of hydrogen-bond donors (Lipinski definition) is 0. The van der Waals surface area contributed by atoms with Crippen molar-refractivity contribution in [2.45, 2.75) is 83.6 Å². The lowest BCUT2D eigenvalue weighted by molar-refractivity contribution is -0.211. The number of hydrogen-bond acceptors (Lipinski definition) is 9. The lowest BCUT2D eigenvalue weighted by atomic mass is 9.37. The summed E-state index contributed by atoms with van der Waals surface area (Å²) in [5.41, 5.74) is -4.24. The fourth-order valence-corrected chi connectivity index (χ4v) is 8.77. The summed E-state index contributed by atoms with van der Waals surface area (Å²) in [5, 5.41) is 0. The first-order valence-electron chi connectivity index (χ1n) is 12.6. The average Bonchev–Trinajstić information content (AvgIpc) is 3.49. The molecule has 6 rings (SSSR count). The van der Waals surface area contributed by atoms with Crippen LogP contribution in [0, 0.1) is 28.1 Å². The number of rotatable bonds is 2. The summed E-state index contributed by atoms with van der Waals surface area (Å²) in [7, 11) is 1.42. The van der Waals surface area contributed by atoms with Crippen LogP contribution in [-0.4, -0.2) is 60.5 Å². The highest BCUT2D eigenvalue weighted by molar-refractivity contribution is 5.96. The van der Waals surface area contributed by atoms with Crippen molar-refractivity contribution in [3.8, 4) is 0 Å². The maximum absolute atomic E-state index is 14.2. The van der Waals surface area contributed by atoms with Crippen molar-refractivity contribution in [1.29, 1.82) is 0 Å². The van der Waals surface area contributed by atoms with Crippen molar-refractivity contribution in [2.24, 2.45) is 28.1 Å². The van der Waals surface area contributed by atoms with E-state index in [-0.39, 0.29) is 29.6 Å². The Bertz CT molecular complexity index is 1170. The van der Waals surface area contributed by atoms with Crippen molar-refractivity contribution >= 4 is 23.7 Å². The van der Waals surface area contributed by atoms with Gasteiger partial charge in [0.05, 0.1) is 11.0 Å². The first-order chi connectivity index (χ1) is 16.8. The van der Waals surface area contributed by atoms with Gasteiger partial charge in [0.1, 0.15) is 23.1 Å². The SMILES string of the molecule is COC1C=C(C2OC(=O)C3OC34C2(C)CCC2C3(C)C=CC(=O)OC(C)(C)C3CC(=O)C24C)C(=O)O1. The van der Waals surface area contributed by atoms with E-state index < -0.39 is 63.9 Å². The summed E-state index contributed by atoms with van der Waals surface area (Å²) in [4.78, 5) is 52.6. The highest BCUT2D eigenvalue weighted by Crippen LogP contribution is 2.77. The first kappa shape index (κ1) is 23.9. The van der Waals surface area contributed by atoms with Crippen molar-refractivity contribution in [3.63, 3.8) is 0 Å². The molecule has 0 aromatic rings. The minimum absolute atomic E-state index is 0.0194. The number of fused-ring (bicyclic) bond motifs is 3. The topological polar surface area (TPSA) is 118 Å². The second-order valence-electron chi connectivity index (χ2n) is 12.3. The Morgan fingerprint density at radius 3 is 2.36 bits per heavy atom. The fourth-order valence-electron chi connectivity index (χ4n) is 8.77. The molecule has 9 unspecified atom stereocenters. The van der Waals surface area contributed by atoms with Gasteiger partial charge in [0.15, 0.2) is 6.10 Å². The molecular weight excluding hydrogens is 468 g/mol. The smallest absolute Gasteiger partial charge is 0.340 e. The van der Waals surface area contributed by atoms with Crippen LogP contribution >= 0.6 is 0 Å². The van der Waals surface area contributed by atoms with Crippen molar-refractivity contribution in [1.82, 2.24) is 0 Å². The van der Waals surface area contributed by atoms with Crippen LogP contribution in [0.15, 0.2) is 23.8 Å². The summed E-state index contributed by atoms with van der Waals surface area (Å²) in [5.74, 6) is -2.09. The summed E-state index contributed by atoms with van der Waals surface area (Å²) in [6, 6.07) is 0. The molecule has 9 atom stereocenters. The number of Topliss-reactive ketones (excluding diaryl/α,β-unsaturated/α-hetero) is 1. The van der Waals surface area contributed by atoms with E-state index >= 15 is 0 Å². The van der Waals surface area contributed by atoms with E-state index in [4.69, 9.17) is 23.7 Å².